The van der Waals surface area contributed by atoms with E-state index >= 15 is 0 Å². The molecule has 88 valence electrons. The number of amides is 1. The quantitative estimate of drug-likeness (QED) is 0.791. The first-order chi connectivity index (χ1) is 7.77. The van der Waals surface area contributed by atoms with E-state index < -0.39 is 0 Å². The third-order valence-electron chi connectivity index (χ3n) is 2.20. The molecule has 0 aliphatic carbocycles. The van der Waals surface area contributed by atoms with Crippen LogP contribution in [0.5, 0.6) is 5.75 Å². The zero-order valence-electron chi connectivity index (χ0n) is 9.66. The molecule has 0 unspecified atom stereocenters. The minimum absolute atomic E-state index is 0.0206. The van der Waals surface area contributed by atoms with Crippen molar-refractivity contribution in [3.05, 3.63) is 29.8 Å². The van der Waals surface area contributed by atoms with Gasteiger partial charge in [0.1, 0.15) is 5.75 Å². The van der Waals surface area contributed by atoms with Crippen LogP contribution in [0.2, 0.25) is 0 Å². The zero-order chi connectivity index (χ0) is 11.8. The topological polar surface area (TPSA) is 47.6 Å². The minimum atomic E-state index is -0.0206. The van der Waals surface area contributed by atoms with Gasteiger partial charge in [-0.25, -0.2) is 0 Å². The number of carbonyl (C=O) groups is 1. The molecular formula is C12H17NO3. The van der Waals surface area contributed by atoms with E-state index in [2.05, 4.69) is 5.32 Å². The highest BCUT2D eigenvalue weighted by Crippen LogP contribution is 2.16. The number of hydrogen-bond acceptors (Lipinski definition) is 3. The summed E-state index contributed by atoms with van der Waals surface area (Å²) < 4.78 is 10.0. The summed E-state index contributed by atoms with van der Waals surface area (Å²) in [5, 5.41) is 2.81. The number of para-hydroxylation sites is 1. The van der Waals surface area contributed by atoms with Crippen molar-refractivity contribution in [1.82, 2.24) is 5.32 Å². The summed E-state index contributed by atoms with van der Waals surface area (Å²) in [4.78, 5) is 11.3. The Labute approximate surface area is 95.6 Å². The van der Waals surface area contributed by atoms with Crippen molar-refractivity contribution in [3.63, 3.8) is 0 Å². The van der Waals surface area contributed by atoms with Crippen LogP contribution in [0.3, 0.4) is 0 Å². The van der Waals surface area contributed by atoms with Crippen LogP contribution in [0.25, 0.3) is 0 Å². The predicted octanol–water partition coefficient (Wildman–Crippen LogP) is 1.35. The van der Waals surface area contributed by atoms with E-state index in [1.54, 1.807) is 14.2 Å². The maximum atomic E-state index is 11.3. The number of nitrogens with one attached hydrogen (secondary N) is 1. The Morgan fingerprint density at radius 1 is 1.31 bits per heavy atom. The first-order valence-corrected chi connectivity index (χ1v) is 5.15. The lowest BCUT2D eigenvalue weighted by atomic mass is 10.2. The molecular weight excluding hydrogens is 206 g/mol. The monoisotopic (exact) mass is 223 g/mol. The van der Waals surface area contributed by atoms with Crippen molar-refractivity contribution >= 4 is 5.91 Å². The molecule has 1 aromatic carbocycles. The molecule has 1 rings (SSSR count). The fourth-order valence-corrected chi connectivity index (χ4v) is 1.33. The van der Waals surface area contributed by atoms with E-state index in [-0.39, 0.29) is 5.91 Å². The smallest absolute Gasteiger partial charge is 0.222 e. The lowest BCUT2D eigenvalue weighted by molar-refractivity contribution is -0.122. The van der Waals surface area contributed by atoms with E-state index in [0.717, 1.165) is 11.3 Å². The highest BCUT2D eigenvalue weighted by Gasteiger charge is 2.04. The van der Waals surface area contributed by atoms with Crippen molar-refractivity contribution in [2.24, 2.45) is 0 Å². The summed E-state index contributed by atoms with van der Waals surface area (Å²) in [5.74, 6) is 0.766. The number of carbonyl (C=O) groups excluding carboxylic acids is 1. The van der Waals surface area contributed by atoms with Crippen molar-refractivity contribution in [2.45, 2.75) is 13.0 Å². The van der Waals surface area contributed by atoms with Crippen LogP contribution in [0.15, 0.2) is 24.3 Å². The van der Waals surface area contributed by atoms with Gasteiger partial charge in [0.05, 0.1) is 13.7 Å². The van der Waals surface area contributed by atoms with Gasteiger partial charge >= 0.3 is 0 Å². The average Bonchev–Trinajstić information content (AvgIpc) is 2.34. The van der Waals surface area contributed by atoms with Gasteiger partial charge in [0.25, 0.3) is 0 Å². The molecule has 0 heterocycles. The molecule has 0 fully saturated rings. The Balaban J connectivity index is 2.44. The van der Waals surface area contributed by atoms with E-state index in [1.165, 1.54) is 0 Å². The first-order valence-electron chi connectivity index (χ1n) is 5.15. The zero-order valence-corrected chi connectivity index (χ0v) is 9.66. The molecule has 0 saturated heterocycles. The summed E-state index contributed by atoms with van der Waals surface area (Å²) in [6.07, 6.45) is 0.381. The van der Waals surface area contributed by atoms with E-state index in [4.69, 9.17) is 9.47 Å². The molecule has 1 aromatic rings. The molecule has 4 heteroatoms. The van der Waals surface area contributed by atoms with Gasteiger partial charge < -0.3 is 14.8 Å². The Bertz CT molecular complexity index is 339. The second-order valence-electron chi connectivity index (χ2n) is 3.33. The standard InChI is InChI=1S/C12H17NO3/c1-15-8-7-12(14)13-9-10-5-3-4-6-11(10)16-2/h3-6H,7-9H2,1-2H3,(H,13,14). The molecule has 0 saturated carbocycles. The van der Waals surface area contributed by atoms with Gasteiger partial charge in [-0.15, -0.1) is 0 Å². The highest BCUT2D eigenvalue weighted by molar-refractivity contribution is 5.76. The van der Waals surface area contributed by atoms with Gasteiger partial charge in [0, 0.05) is 25.6 Å². The lowest BCUT2D eigenvalue weighted by Gasteiger charge is -2.09. The molecule has 1 N–H and O–H groups in total. The van der Waals surface area contributed by atoms with Crippen molar-refractivity contribution in [2.75, 3.05) is 20.8 Å². The van der Waals surface area contributed by atoms with E-state index in [1.807, 2.05) is 24.3 Å². The molecule has 0 aliphatic rings. The lowest BCUT2D eigenvalue weighted by Crippen LogP contribution is -2.23. The van der Waals surface area contributed by atoms with Gasteiger partial charge in [-0.2, -0.15) is 0 Å². The predicted molar refractivity (Wildman–Crippen MR) is 61.3 cm³/mol. The van der Waals surface area contributed by atoms with Gasteiger partial charge in [-0.3, -0.25) is 4.79 Å². The van der Waals surface area contributed by atoms with Gasteiger partial charge in [-0.05, 0) is 6.07 Å². The Morgan fingerprint density at radius 2 is 2.06 bits per heavy atom. The number of benzene rings is 1. The molecule has 0 radical (unpaired) electrons. The maximum absolute atomic E-state index is 11.3. The Kier molecular flexibility index (Phi) is 5.36. The number of ether oxygens (including phenoxy) is 2. The number of hydrogen-bond donors (Lipinski definition) is 1. The molecule has 0 atom stereocenters. The Morgan fingerprint density at radius 3 is 2.75 bits per heavy atom. The molecule has 0 spiro atoms. The van der Waals surface area contributed by atoms with E-state index in [9.17, 15) is 4.79 Å². The minimum Gasteiger partial charge on any atom is -0.496 e. The van der Waals surface area contributed by atoms with E-state index in [0.29, 0.717) is 19.6 Å². The molecule has 0 bridgehead atoms. The summed E-state index contributed by atoms with van der Waals surface area (Å²) in [6.45, 7) is 0.921. The fraction of sp³-hybridized carbons (Fsp3) is 0.417. The number of methoxy groups -OCH3 is 2. The second-order valence-corrected chi connectivity index (χ2v) is 3.33. The molecule has 0 aromatic heterocycles. The molecule has 1 amide bonds. The van der Waals surface area contributed by atoms with Crippen LogP contribution in [0.4, 0.5) is 0 Å². The Hall–Kier alpha value is -1.55. The van der Waals surface area contributed by atoms with Gasteiger partial charge in [0.15, 0.2) is 0 Å². The van der Waals surface area contributed by atoms with Crippen LogP contribution in [-0.2, 0) is 16.1 Å². The van der Waals surface area contributed by atoms with Gasteiger partial charge in [0.2, 0.25) is 5.91 Å². The van der Waals surface area contributed by atoms with Crippen molar-refractivity contribution in [1.29, 1.82) is 0 Å². The fourth-order valence-electron chi connectivity index (χ4n) is 1.33. The average molecular weight is 223 g/mol. The summed E-state index contributed by atoms with van der Waals surface area (Å²) in [6, 6.07) is 7.61. The van der Waals surface area contributed by atoms with Crippen molar-refractivity contribution in [3.8, 4) is 5.75 Å². The maximum Gasteiger partial charge on any atom is 0.222 e. The first kappa shape index (κ1) is 12.5. The summed E-state index contributed by atoms with van der Waals surface area (Å²) in [5.41, 5.74) is 0.968. The summed E-state index contributed by atoms with van der Waals surface area (Å²) in [7, 11) is 3.19. The molecule has 16 heavy (non-hydrogen) atoms. The largest absolute Gasteiger partial charge is 0.496 e. The number of rotatable bonds is 6. The van der Waals surface area contributed by atoms with Crippen LogP contribution in [-0.4, -0.2) is 26.7 Å². The molecule has 4 nitrogen and oxygen atoms in total. The third kappa shape index (κ3) is 3.90. The summed E-state index contributed by atoms with van der Waals surface area (Å²) >= 11 is 0. The van der Waals surface area contributed by atoms with Gasteiger partial charge in [-0.1, -0.05) is 18.2 Å². The van der Waals surface area contributed by atoms with Crippen molar-refractivity contribution < 1.29 is 14.3 Å². The third-order valence-corrected chi connectivity index (χ3v) is 2.20. The van der Waals surface area contributed by atoms with Crippen LogP contribution in [0.1, 0.15) is 12.0 Å². The second kappa shape index (κ2) is 6.85. The molecule has 0 aliphatic heterocycles. The van der Waals surface area contributed by atoms with Crippen LogP contribution < -0.4 is 10.1 Å². The van der Waals surface area contributed by atoms with Crippen LogP contribution in [0, 0.1) is 0 Å². The normalized spacial score (nSPS) is 9.88. The van der Waals surface area contributed by atoms with Crippen LogP contribution >= 0.6 is 0 Å². The highest BCUT2D eigenvalue weighted by atomic mass is 16.5. The SMILES string of the molecule is COCCC(=O)NCc1ccccc1OC.